The summed E-state index contributed by atoms with van der Waals surface area (Å²) in [5, 5.41) is 0. The minimum atomic E-state index is -0.475. The van der Waals surface area contributed by atoms with E-state index >= 15 is 0 Å². The van der Waals surface area contributed by atoms with Crippen molar-refractivity contribution in [2.24, 2.45) is 11.8 Å². The third kappa shape index (κ3) is 4.91. The number of likely N-dealkylation sites (tertiary alicyclic amines) is 1. The number of hydrogen-bond acceptors (Lipinski definition) is 5. The third-order valence-corrected chi connectivity index (χ3v) is 2.85. The molecule has 0 aliphatic carbocycles. The van der Waals surface area contributed by atoms with Gasteiger partial charge in [0.2, 0.25) is 0 Å². The molecule has 6 nitrogen and oxygen atoms in total. The topological polar surface area (TPSA) is 81.9 Å². The molecule has 0 bridgehead atoms. The van der Waals surface area contributed by atoms with Crippen molar-refractivity contribution >= 4 is 12.1 Å². The molecular weight excluding hydrogens is 236 g/mol. The molecule has 1 saturated heterocycles. The van der Waals surface area contributed by atoms with Gasteiger partial charge in [0.15, 0.2) is 0 Å². The van der Waals surface area contributed by atoms with Crippen LogP contribution in [0.5, 0.6) is 0 Å². The second kappa shape index (κ2) is 6.04. The molecule has 2 N–H and O–H groups in total. The van der Waals surface area contributed by atoms with Gasteiger partial charge in [0.05, 0.1) is 6.42 Å². The summed E-state index contributed by atoms with van der Waals surface area (Å²) in [4.78, 5) is 28.6. The first-order chi connectivity index (χ1) is 8.31. The van der Waals surface area contributed by atoms with Crippen molar-refractivity contribution in [3.05, 3.63) is 0 Å². The summed E-state index contributed by atoms with van der Waals surface area (Å²) in [6, 6.07) is 0. The molecule has 0 unspecified atom stereocenters. The summed E-state index contributed by atoms with van der Waals surface area (Å²) < 4.78 is 5.29. The van der Waals surface area contributed by atoms with E-state index in [0.717, 1.165) is 12.8 Å². The highest BCUT2D eigenvalue weighted by atomic mass is 16.7. The smallest absolute Gasteiger partial charge is 0.410 e. The number of carbonyl (C=O) groups excluding carboxylic acids is 2. The molecular formula is C12H22N2O4. The van der Waals surface area contributed by atoms with Crippen LogP contribution >= 0.6 is 0 Å². The molecule has 1 heterocycles. The fourth-order valence-corrected chi connectivity index (χ4v) is 1.93. The van der Waals surface area contributed by atoms with Crippen molar-refractivity contribution in [2.45, 2.75) is 45.6 Å². The lowest BCUT2D eigenvalue weighted by Gasteiger charge is -2.33. The average Bonchev–Trinajstić information content (AvgIpc) is 2.27. The van der Waals surface area contributed by atoms with E-state index < -0.39 is 11.6 Å². The monoisotopic (exact) mass is 258 g/mol. The minimum Gasteiger partial charge on any atom is -0.444 e. The Morgan fingerprint density at radius 1 is 1.28 bits per heavy atom. The Morgan fingerprint density at radius 3 is 2.28 bits per heavy atom. The molecule has 0 aromatic heterocycles. The number of nitrogens with two attached hydrogens (primary N) is 1. The van der Waals surface area contributed by atoms with Crippen LogP contribution in [0.1, 0.15) is 40.0 Å². The van der Waals surface area contributed by atoms with Crippen molar-refractivity contribution in [3.63, 3.8) is 0 Å². The largest absolute Gasteiger partial charge is 0.444 e. The number of nitrogens with zero attached hydrogens (tertiary/aromatic N) is 1. The van der Waals surface area contributed by atoms with Gasteiger partial charge in [-0.05, 0) is 39.5 Å². The van der Waals surface area contributed by atoms with E-state index in [4.69, 9.17) is 10.6 Å². The van der Waals surface area contributed by atoms with Crippen LogP contribution in [0, 0.1) is 5.92 Å². The van der Waals surface area contributed by atoms with Crippen molar-refractivity contribution < 1.29 is 19.2 Å². The fraction of sp³-hybridized carbons (Fsp3) is 0.833. The zero-order valence-electron chi connectivity index (χ0n) is 11.3. The summed E-state index contributed by atoms with van der Waals surface area (Å²) in [6.45, 7) is 6.74. The maximum Gasteiger partial charge on any atom is 0.410 e. The first-order valence-corrected chi connectivity index (χ1v) is 6.19. The van der Waals surface area contributed by atoms with Crippen molar-refractivity contribution in [1.82, 2.24) is 4.90 Å². The maximum atomic E-state index is 11.8. The quantitative estimate of drug-likeness (QED) is 0.758. The number of ether oxygens (including phenoxy) is 1. The lowest BCUT2D eigenvalue weighted by Crippen LogP contribution is -2.42. The van der Waals surface area contributed by atoms with E-state index in [-0.39, 0.29) is 12.0 Å². The zero-order valence-corrected chi connectivity index (χ0v) is 11.3. The molecule has 104 valence electrons. The second-order valence-corrected chi connectivity index (χ2v) is 5.60. The molecule has 0 atom stereocenters. The maximum absolute atomic E-state index is 11.8. The molecule has 1 fully saturated rings. The lowest BCUT2D eigenvalue weighted by atomic mass is 9.94. The van der Waals surface area contributed by atoms with Crippen LogP contribution in [-0.4, -0.2) is 35.7 Å². The number of rotatable bonds is 2. The Labute approximate surface area is 107 Å². The molecule has 0 aromatic carbocycles. The minimum absolute atomic E-state index is 0.236. The predicted octanol–water partition coefficient (Wildman–Crippen LogP) is 1.44. The summed E-state index contributed by atoms with van der Waals surface area (Å²) in [7, 11) is 0. The van der Waals surface area contributed by atoms with Gasteiger partial charge in [-0.1, -0.05) is 0 Å². The Morgan fingerprint density at radius 2 is 1.83 bits per heavy atom. The third-order valence-electron chi connectivity index (χ3n) is 2.85. The predicted molar refractivity (Wildman–Crippen MR) is 65.4 cm³/mol. The summed E-state index contributed by atoms with van der Waals surface area (Å²) in [5.41, 5.74) is -0.475. The van der Waals surface area contributed by atoms with E-state index in [1.54, 1.807) is 4.90 Å². The van der Waals surface area contributed by atoms with Crippen molar-refractivity contribution in [3.8, 4) is 0 Å². The van der Waals surface area contributed by atoms with Crippen molar-refractivity contribution in [1.29, 1.82) is 0 Å². The highest BCUT2D eigenvalue weighted by Crippen LogP contribution is 2.22. The van der Waals surface area contributed by atoms with Gasteiger partial charge in [0, 0.05) is 13.1 Å². The Kier molecular flexibility index (Phi) is 4.95. The Hall–Kier alpha value is -1.30. The summed E-state index contributed by atoms with van der Waals surface area (Å²) in [5.74, 6) is 4.64. The highest BCUT2D eigenvalue weighted by Gasteiger charge is 2.27. The number of amides is 1. The molecule has 0 aromatic rings. The van der Waals surface area contributed by atoms with Crippen molar-refractivity contribution in [2.75, 3.05) is 13.1 Å². The molecule has 1 amide bonds. The molecule has 1 rings (SSSR count). The van der Waals surface area contributed by atoms with Crippen LogP contribution in [0.2, 0.25) is 0 Å². The Bertz CT molecular complexity index is 304. The van der Waals surface area contributed by atoms with Gasteiger partial charge in [0.1, 0.15) is 5.60 Å². The molecule has 0 saturated carbocycles. The number of hydrogen-bond donors (Lipinski definition) is 1. The van der Waals surface area contributed by atoms with Crippen LogP contribution in [0.15, 0.2) is 0 Å². The van der Waals surface area contributed by atoms with Gasteiger partial charge >= 0.3 is 12.1 Å². The van der Waals surface area contributed by atoms with E-state index in [1.165, 1.54) is 0 Å². The van der Waals surface area contributed by atoms with Gasteiger partial charge in [-0.3, -0.25) is 4.79 Å². The van der Waals surface area contributed by atoms with E-state index in [9.17, 15) is 9.59 Å². The average molecular weight is 258 g/mol. The van der Waals surface area contributed by atoms with E-state index in [2.05, 4.69) is 4.84 Å². The summed E-state index contributed by atoms with van der Waals surface area (Å²) in [6.07, 6.45) is 1.57. The van der Waals surface area contributed by atoms with E-state index in [1.807, 2.05) is 20.8 Å². The standard InChI is InChI=1S/C12H22N2O4/c1-12(2,3)17-11(16)14-6-4-9(5-7-14)8-10(15)18-13/h9H,4-8,13H2,1-3H3. The first-order valence-electron chi connectivity index (χ1n) is 6.19. The molecule has 1 aliphatic rings. The number of carbonyl (C=O) groups is 2. The Balaban J connectivity index is 2.35. The molecule has 6 heteroatoms. The highest BCUT2D eigenvalue weighted by molar-refractivity contribution is 5.70. The second-order valence-electron chi connectivity index (χ2n) is 5.60. The normalized spacial score (nSPS) is 17.4. The molecule has 18 heavy (non-hydrogen) atoms. The number of piperidine rings is 1. The van der Waals surface area contributed by atoms with Gasteiger partial charge in [0.25, 0.3) is 0 Å². The van der Waals surface area contributed by atoms with Gasteiger partial charge in [-0.2, -0.15) is 5.90 Å². The molecule has 0 radical (unpaired) electrons. The van der Waals surface area contributed by atoms with Gasteiger partial charge < -0.3 is 14.5 Å². The van der Waals surface area contributed by atoms with Crippen LogP contribution in [-0.2, 0) is 14.4 Å². The van der Waals surface area contributed by atoms with Crippen LogP contribution in [0.4, 0.5) is 4.79 Å². The molecule has 0 spiro atoms. The molecule has 1 aliphatic heterocycles. The summed E-state index contributed by atoms with van der Waals surface area (Å²) >= 11 is 0. The lowest BCUT2D eigenvalue weighted by molar-refractivity contribution is -0.145. The van der Waals surface area contributed by atoms with E-state index in [0.29, 0.717) is 19.5 Å². The first kappa shape index (κ1) is 14.8. The van der Waals surface area contributed by atoms with Crippen LogP contribution in [0.25, 0.3) is 0 Å². The zero-order chi connectivity index (χ0) is 13.8. The fourth-order valence-electron chi connectivity index (χ4n) is 1.93. The van der Waals surface area contributed by atoms with Gasteiger partial charge in [-0.25, -0.2) is 4.79 Å². The SMILES string of the molecule is CC(C)(C)OC(=O)N1CCC(CC(=O)ON)CC1. The van der Waals surface area contributed by atoms with Crippen LogP contribution < -0.4 is 5.90 Å². The van der Waals surface area contributed by atoms with Crippen LogP contribution in [0.3, 0.4) is 0 Å². The van der Waals surface area contributed by atoms with Gasteiger partial charge in [-0.15, -0.1) is 0 Å².